The molecule has 2 aromatic carbocycles. The zero-order valence-electron chi connectivity index (χ0n) is 14.1. The van der Waals surface area contributed by atoms with Crippen molar-refractivity contribution in [1.82, 2.24) is 5.32 Å². The first-order chi connectivity index (χ1) is 11.3. The zero-order chi connectivity index (χ0) is 17.6. The number of amides is 2. The normalized spacial score (nSPS) is 10.8. The molecule has 0 saturated carbocycles. The molecule has 5 nitrogen and oxygen atoms in total. The van der Waals surface area contributed by atoms with Gasteiger partial charge in [-0.1, -0.05) is 18.2 Å². The van der Waals surface area contributed by atoms with Gasteiger partial charge >= 0.3 is 0 Å². The monoisotopic (exact) mass is 326 g/mol. The second kappa shape index (κ2) is 7.64. The number of para-hydroxylation sites is 1. The van der Waals surface area contributed by atoms with Gasteiger partial charge in [-0.2, -0.15) is 0 Å². The third kappa shape index (κ3) is 5.76. The van der Waals surface area contributed by atoms with Crippen LogP contribution >= 0.6 is 0 Å². The van der Waals surface area contributed by atoms with Crippen LogP contribution in [-0.4, -0.2) is 24.0 Å². The van der Waals surface area contributed by atoms with Gasteiger partial charge in [0.1, 0.15) is 5.75 Å². The second-order valence-electron chi connectivity index (χ2n) is 6.43. The summed E-state index contributed by atoms with van der Waals surface area (Å²) in [4.78, 5) is 23.9. The lowest BCUT2D eigenvalue weighted by Gasteiger charge is -2.20. The van der Waals surface area contributed by atoms with E-state index in [1.54, 1.807) is 36.4 Å². The minimum Gasteiger partial charge on any atom is -0.484 e. The molecular formula is C19H22N2O3. The molecule has 24 heavy (non-hydrogen) atoms. The first-order valence-electron chi connectivity index (χ1n) is 7.74. The van der Waals surface area contributed by atoms with Crippen molar-refractivity contribution in [2.24, 2.45) is 0 Å². The Labute approximate surface area is 142 Å². The van der Waals surface area contributed by atoms with Gasteiger partial charge in [-0.3, -0.25) is 9.59 Å². The average molecular weight is 326 g/mol. The maximum atomic E-state index is 12.0. The molecule has 0 unspecified atom stereocenters. The van der Waals surface area contributed by atoms with Gasteiger partial charge in [-0.05, 0) is 57.2 Å². The molecule has 2 rings (SSSR count). The molecule has 2 aromatic rings. The predicted octanol–water partition coefficient (Wildman–Crippen LogP) is 3.23. The summed E-state index contributed by atoms with van der Waals surface area (Å²) in [7, 11) is 0. The number of nitrogens with one attached hydrogen (secondary N) is 2. The van der Waals surface area contributed by atoms with E-state index >= 15 is 0 Å². The quantitative estimate of drug-likeness (QED) is 0.886. The Morgan fingerprint density at radius 2 is 1.58 bits per heavy atom. The highest BCUT2D eigenvalue weighted by atomic mass is 16.5. The largest absolute Gasteiger partial charge is 0.484 e. The number of anilines is 1. The van der Waals surface area contributed by atoms with Crippen LogP contribution in [0.25, 0.3) is 0 Å². The summed E-state index contributed by atoms with van der Waals surface area (Å²) in [6, 6.07) is 15.9. The van der Waals surface area contributed by atoms with Gasteiger partial charge in [0.05, 0.1) is 0 Å². The topological polar surface area (TPSA) is 67.4 Å². The lowest BCUT2D eigenvalue weighted by Crippen LogP contribution is -2.40. The highest BCUT2D eigenvalue weighted by Gasteiger charge is 2.15. The fraction of sp³-hybridized carbons (Fsp3) is 0.263. The number of carbonyl (C=O) groups is 2. The summed E-state index contributed by atoms with van der Waals surface area (Å²) in [6.45, 7) is 5.70. The number of hydrogen-bond acceptors (Lipinski definition) is 3. The summed E-state index contributed by atoms with van der Waals surface area (Å²) in [6.07, 6.45) is 0. The SMILES string of the molecule is CC(C)(C)NC(=O)c1ccc(NC(=O)COc2ccccc2)cc1. The number of rotatable bonds is 5. The summed E-state index contributed by atoms with van der Waals surface area (Å²) >= 11 is 0. The Bertz CT molecular complexity index is 689. The Kier molecular flexibility index (Phi) is 5.58. The molecular weight excluding hydrogens is 304 g/mol. The Hall–Kier alpha value is -2.82. The molecule has 0 radical (unpaired) electrons. The number of carbonyl (C=O) groups excluding carboxylic acids is 2. The average Bonchev–Trinajstić information content (AvgIpc) is 2.53. The van der Waals surface area contributed by atoms with E-state index in [0.717, 1.165) is 0 Å². The van der Waals surface area contributed by atoms with Crippen LogP contribution in [-0.2, 0) is 4.79 Å². The summed E-state index contributed by atoms with van der Waals surface area (Å²) in [5, 5.41) is 5.62. The van der Waals surface area contributed by atoms with E-state index < -0.39 is 0 Å². The van der Waals surface area contributed by atoms with Crippen LogP contribution in [0.1, 0.15) is 31.1 Å². The van der Waals surface area contributed by atoms with Crippen molar-refractivity contribution in [1.29, 1.82) is 0 Å². The first-order valence-corrected chi connectivity index (χ1v) is 7.74. The van der Waals surface area contributed by atoms with Crippen LogP contribution in [0.4, 0.5) is 5.69 Å². The van der Waals surface area contributed by atoms with Crippen LogP contribution in [0.15, 0.2) is 54.6 Å². The summed E-state index contributed by atoms with van der Waals surface area (Å²) in [5.41, 5.74) is 0.867. The Morgan fingerprint density at radius 1 is 0.958 bits per heavy atom. The molecule has 0 heterocycles. The highest BCUT2D eigenvalue weighted by molar-refractivity contribution is 5.96. The number of ether oxygens (including phenoxy) is 1. The molecule has 0 saturated heterocycles. The summed E-state index contributed by atoms with van der Waals surface area (Å²) in [5.74, 6) is 0.236. The van der Waals surface area contributed by atoms with Gasteiger partial charge in [0.2, 0.25) is 0 Å². The third-order valence-corrected chi connectivity index (χ3v) is 3.03. The van der Waals surface area contributed by atoms with Crippen LogP contribution in [0, 0.1) is 0 Å². The molecule has 0 aliphatic heterocycles. The van der Waals surface area contributed by atoms with E-state index in [1.807, 2.05) is 39.0 Å². The first kappa shape index (κ1) is 17.5. The molecule has 2 amide bonds. The molecule has 5 heteroatoms. The van der Waals surface area contributed by atoms with Crippen molar-refractivity contribution in [3.8, 4) is 5.75 Å². The van der Waals surface area contributed by atoms with Crippen LogP contribution in [0.5, 0.6) is 5.75 Å². The maximum absolute atomic E-state index is 12.0. The Morgan fingerprint density at radius 3 is 2.17 bits per heavy atom. The predicted molar refractivity (Wildman–Crippen MR) is 94.2 cm³/mol. The minimum atomic E-state index is -0.293. The molecule has 0 fully saturated rings. The van der Waals surface area contributed by atoms with Crippen LogP contribution in [0.3, 0.4) is 0 Å². The van der Waals surface area contributed by atoms with E-state index in [2.05, 4.69) is 10.6 Å². The van der Waals surface area contributed by atoms with Crippen molar-refractivity contribution in [2.45, 2.75) is 26.3 Å². The Balaban J connectivity index is 1.87. The molecule has 0 atom stereocenters. The van der Waals surface area contributed by atoms with E-state index in [-0.39, 0.29) is 24.0 Å². The molecule has 0 spiro atoms. The number of hydrogen-bond donors (Lipinski definition) is 2. The smallest absolute Gasteiger partial charge is 0.262 e. The third-order valence-electron chi connectivity index (χ3n) is 3.03. The molecule has 2 N–H and O–H groups in total. The van der Waals surface area contributed by atoms with Crippen molar-refractivity contribution in [2.75, 3.05) is 11.9 Å². The molecule has 0 aliphatic carbocycles. The van der Waals surface area contributed by atoms with Crippen molar-refractivity contribution in [3.63, 3.8) is 0 Å². The van der Waals surface area contributed by atoms with Gasteiger partial charge in [0, 0.05) is 16.8 Å². The minimum absolute atomic E-state index is 0.0731. The van der Waals surface area contributed by atoms with Crippen molar-refractivity contribution < 1.29 is 14.3 Å². The van der Waals surface area contributed by atoms with E-state index in [1.165, 1.54) is 0 Å². The van der Waals surface area contributed by atoms with E-state index in [9.17, 15) is 9.59 Å². The van der Waals surface area contributed by atoms with Gasteiger partial charge in [0.25, 0.3) is 11.8 Å². The van der Waals surface area contributed by atoms with Crippen LogP contribution < -0.4 is 15.4 Å². The molecule has 0 aliphatic rings. The number of benzene rings is 2. The van der Waals surface area contributed by atoms with E-state index in [4.69, 9.17) is 4.74 Å². The molecule has 0 aromatic heterocycles. The fourth-order valence-corrected chi connectivity index (χ4v) is 1.98. The van der Waals surface area contributed by atoms with Gasteiger partial charge < -0.3 is 15.4 Å². The summed E-state index contributed by atoms with van der Waals surface area (Å²) < 4.78 is 5.38. The van der Waals surface area contributed by atoms with Gasteiger partial charge in [-0.15, -0.1) is 0 Å². The van der Waals surface area contributed by atoms with E-state index in [0.29, 0.717) is 17.0 Å². The lowest BCUT2D eigenvalue weighted by molar-refractivity contribution is -0.118. The standard InChI is InChI=1S/C19H22N2O3/c1-19(2,3)21-18(23)14-9-11-15(12-10-14)20-17(22)13-24-16-7-5-4-6-8-16/h4-12H,13H2,1-3H3,(H,20,22)(H,21,23). The fourth-order valence-electron chi connectivity index (χ4n) is 1.98. The highest BCUT2D eigenvalue weighted by Crippen LogP contribution is 2.12. The van der Waals surface area contributed by atoms with Gasteiger partial charge in [0.15, 0.2) is 6.61 Å². The maximum Gasteiger partial charge on any atom is 0.262 e. The van der Waals surface area contributed by atoms with Crippen molar-refractivity contribution >= 4 is 17.5 Å². The van der Waals surface area contributed by atoms with Crippen molar-refractivity contribution in [3.05, 3.63) is 60.2 Å². The molecule has 126 valence electrons. The second-order valence-corrected chi connectivity index (χ2v) is 6.43. The lowest BCUT2D eigenvalue weighted by atomic mass is 10.1. The van der Waals surface area contributed by atoms with Crippen LogP contribution in [0.2, 0.25) is 0 Å². The van der Waals surface area contributed by atoms with Gasteiger partial charge in [-0.25, -0.2) is 0 Å². The zero-order valence-corrected chi connectivity index (χ0v) is 14.1. The molecule has 0 bridgehead atoms.